The van der Waals surface area contributed by atoms with E-state index in [9.17, 15) is 13.8 Å². The van der Waals surface area contributed by atoms with Crippen LogP contribution in [-0.4, -0.2) is 73.0 Å². The Morgan fingerprint density at radius 3 is 2.33 bits per heavy atom. The van der Waals surface area contributed by atoms with Crippen molar-refractivity contribution in [2.75, 3.05) is 52.0 Å². The van der Waals surface area contributed by atoms with E-state index < -0.39 is 9.73 Å². The molecule has 0 bridgehead atoms. The van der Waals surface area contributed by atoms with Crippen molar-refractivity contribution >= 4 is 21.5 Å². The second-order valence-corrected chi connectivity index (χ2v) is 10.7. The van der Waals surface area contributed by atoms with Gasteiger partial charge in [0.2, 0.25) is 0 Å². The summed E-state index contributed by atoms with van der Waals surface area (Å²) in [5.74, 6) is 1.67. The van der Waals surface area contributed by atoms with Crippen LogP contribution in [0.5, 0.6) is 11.5 Å². The van der Waals surface area contributed by atoms with E-state index in [4.69, 9.17) is 14.2 Å². The van der Waals surface area contributed by atoms with E-state index in [0.29, 0.717) is 55.5 Å². The van der Waals surface area contributed by atoms with Gasteiger partial charge in [0.15, 0.2) is 0 Å². The van der Waals surface area contributed by atoms with E-state index >= 15 is 0 Å². The van der Waals surface area contributed by atoms with Crippen LogP contribution >= 0.6 is 0 Å². The maximum atomic E-state index is 13.2. The Balaban J connectivity index is 1.48. The van der Waals surface area contributed by atoms with Gasteiger partial charge in [0.1, 0.15) is 11.5 Å². The number of ether oxygens (including phenoxy) is 3. The highest BCUT2D eigenvalue weighted by atomic mass is 32.2. The summed E-state index contributed by atoms with van der Waals surface area (Å²) >= 11 is 0. The molecule has 2 amide bonds. The highest BCUT2D eigenvalue weighted by molar-refractivity contribution is 7.93. The molecule has 2 aliphatic heterocycles. The minimum atomic E-state index is -2.65. The third-order valence-electron chi connectivity index (χ3n) is 6.35. The number of rotatable bonds is 4. The number of amides is 2. The number of hydrogen-bond donors (Lipinski definition) is 0. The van der Waals surface area contributed by atoms with Crippen molar-refractivity contribution in [1.82, 2.24) is 4.90 Å². The molecule has 8 nitrogen and oxygen atoms in total. The Morgan fingerprint density at radius 1 is 1.10 bits per heavy atom. The Bertz CT molecular complexity index is 949. The van der Waals surface area contributed by atoms with Crippen LogP contribution in [0.3, 0.4) is 0 Å². The monoisotopic (exact) mass is 436 g/mol. The highest BCUT2D eigenvalue weighted by Crippen LogP contribution is 2.51. The van der Waals surface area contributed by atoms with E-state index in [1.807, 2.05) is 6.92 Å². The van der Waals surface area contributed by atoms with E-state index in [-0.39, 0.29) is 35.3 Å². The van der Waals surface area contributed by atoms with Gasteiger partial charge in [-0.1, -0.05) is 0 Å². The maximum absolute atomic E-state index is 13.2. The standard InChI is InChI=1S/C21H28N2O6S/c1-13-17(27-2)9-14(10-18(13)28-3)21(25)23-5-4-7-30(26,8-6-23)22-20(24)19-15-11-29-12-16(15)19/h9-10,15-16,19H,4-8,11-12H2,1-3H3/t15-,16+,19?,30?. The van der Waals surface area contributed by atoms with Gasteiger partial charge in [-0.05, 0) is 25.5 Å². The van der Waals surface area contributed by atoms with Crippen LogP contribution in [0.15, 0.2) is 16.5 Å². The minimum Gasteiger partial charge on any atom is -0.496 e. The van der Waals surface area contributed by atoms with Crippen molar-refractivity contribution in [3.8, 4) is 11.5 Å². The predicted octanol–water partition coefficient (Wildman–Crippen LogP) is 1.75. The molecular weight excluding hydrogens is 408 g/mol. The zero-order chi connectivity index (χ0) is 21.5. The van der Waals surface area contributed by atoms with Crippen molar-refractivity contribution < 1.29 is 28.0 Å². The van der Waals surface area contributed by atoms with Crippen LogP contribution < -0.4 is 9.47 Å². The fourth-order valence-electron chi connectivity index (χ4n) is 4.47. The molecule has 9 heteroatoms. The predicted molar refractivity (Wildman–Crippen MR) is 111 cm³/mol. The summed E-state index contributed by atoms with van der Waals surface area (Å²) in [6.45, 7) is 3.84. The summed E-state index contributed by atoms with van der Waals surface area (Å²) in [7, 11) is 0.451. The topological polar surface area (TPSA) is 94.5 Å². The Labute approximate surface area is 177 Å². The van der Waals surface area contributed by atoms with Crippen LogP contribution in [0.25, 0.3) is 0 Å². The molecule has 164 valence electrons. The van der Waals surface area contributed by atoms with E-state index in [0.717, 1.165) is 5.56 Å². The lowest BCUT2D eigenvalue weighted by atomic mass is 10.1. The van der Waals surface area contributed by atoms with Crippen molar-refractivity contribution in [2.45, 2.75) is 13.3 Å². The first kappa shape index (κ1) is 21.1. The molecule has 2 heterocycles. The molecule has 30 heavy (non-hydrogen) atoms. The molecule has 4 rings (SSSR count). The smallest absolute Gasteiger partial charge is 0.257 e. The van der Waals surface area contributed by atoms with Crippen molar-refractivity contribution in [3.05, 3.63) is 23.3 Å². The highest BCUT2D eigenvalue weighted by Gasteiger charge is 2.58. The van der Waals surface area contributed by atoms with Crippen molar-refractivity contribution in [3.63, 3.8) is 0 Å². The lowest BCUT2D eigenvalue weighted by Crippen LogP contribution is -2.33. The third kappa shape index (κ3) is 3.92. The first-order valence-corrected chi connectivity index (χ1v) is 12.1. The van der Waals surface area contributed by atoms with E-state index in [2.05, 4.69) is 4.36 Å². The van der Waals surface area contributed by atoms with E-state index in [1.165, 1.54) is 0 Å². The van der Waals surface area contributed by atoms with Gasteiger partial charge in [-0.15, -0.1) is 0 Å². The second kappa shape index (κ2) is 8.19. The zero-order valence-electron chi connectivity index (χ0n) is 17.6. The first-order chi connectivity index (χ1) is 14.4. The first-order valence-electron chi connectivity index (χ1n) is 10.2. The molecule has 1 aromatic rings. The largest absolute Gasteiger partial charge is 0.496 e. The summed E-state index contributed by atoms with van der Waals surface area (Å²) in [5, 5.41) is 0. The Morgan fingerprint density at radius 2 is 1.73 bits per heavy atom. The summed E-state index contributed by atoms with van der Waals surface area (Å²) in [6, 6.07) is 3.40. The molecule has 4 atom stereocenters. The lowest BCUT2D eigenvalue weighted by Gasteiger charge is -2.21. The lowest BCUT2D eigenvalue weighted by molar-refractivity contribution is -0.120. The average Bonchev–Trinajstić information content (AvgIpc) is 3.30. The SMILES string of the molecule is COc1cc(C(=O)N2CCCS(=O)(=NC(=O)C3[C@H]4COC[C@@H]34)CC2)cc(OC)c1C. The van der Waals surface area contributed by atoms with Gasteiger partial charge in [0, 0.05) is 47.6 Å². The molecular formula is C21H28N2O6S. The number of nitrogens with zero attached hydrogens (tertiary/aromatic N) is 2. The molecule has 2 saturated heterocycles. The summed E-state index contributed by atoms with van der Waals surface area (Å²) in [5.41, 5.74) is 1.28. The quantitative estimate of drug-likeness (QED) is 0.714. The van der Waals surface area contributed by atoms with E-state index in [1.54, 1.807) is 31.3 Å². The molecule has 0 aromatic heterocycles. The number of hydrogen-bond acceptors (Lipinski definition) is 6. The number of methoxy groups -OCH3 is 2. The van der Waals surface area contributed by atoms with Gasteiger partial charge in [-0.3, -0.25) is 9.59 Å². The minimum absolute atomic E-state index is 0.120. The molecule has 1 aromatic carbocycles. The summed E-state index contributed by atoms with van der Waals surface area (Å²) in [4.78, 5) is 27.3. The van der Waals surface area contributed by atoms with Gasteiger partial charge in [0.25, 0.3) is 11.8 Å². The van der Waals surface area contributed by atoms with Crippen molar-refractivity contribution in [1.29, 1.82) is 0 Å². The van der Waals surface area contributed by atoms with Crippen LogP contribution in [0.4, 0.5) is 0 Å². The number of fused-ring (bicyclic) bond motifs is 1. The van der Waals surface area contributed by atoms with Gasteiger partial charge in [-0.25, -0.2) is 4.21 Å². The van der Waals surface area contributed by atoms with Crippen LogP contribution in [0.1, 0.15) is 22.3 Å². The normalized spacial score (nSPS) is 30.2. The average molecular weight is 437 g/mol. The van der Waals surface area contributed by atoms with Crippen molar-refractivity contribution in [2.24, 2.45) is 22.1 Å². The fourth-order valence-corrected chi connectivity index (χ4v) is 6.39. The van der Waals surface area contributed by atoms with Crippen LogP contribution in [0.2, 0.25) is 0 Å². The summed E-state index contributed by atoms with van der Waals surface area (Å²) < 4.78 is 33.5. The van der Waals surface area contributed by atoms with Gasteiger partial charge < -0.3 is 19.1 Å². The number of carbonyl (C=O) groups is 2. The van der Waals surface area contributed by atoms with Gasteiger partial charge >= 0.3 is 0 Å². The molecule has 0 N–H and O–H groups in total. The second-order valence-electron chi connectivity index (χ2n) is 8.15. The molecule has 1 saturated carbocycles. The Kier molecular flexibility index (Phi) is 5.76. The molecule has 1 aliphatic carbocycles. The molecule has 2 unspecified atom stereocenters. The summed E-state index contributed by atoms with van der Waals surface area (Å²) in [6.07, 6.45) is 0.544. The van der Waals surface area contributed by atoms with Gasteiger partial charge in [0.05, 0.1) is 43.1 Å². The van der Waals surface area contributed by atoms with Gasteiger partial charge in [-0.2, -0.15) is 4.36 Å². The third-order valence-corrected chi connectivity index (χ3v) is 8.61. The fraction of sp³-hybridized carbons (Fsp3) is 0.619. The number of benzene rings is 1. The molecule has 3 fully saturated rings. The zero-order valence-corrected chi connectivity index (χ0v) is 18.4. The molecule has 3 aliphatic rings. The molecule has 0 spiro atoms. The number of carbonyl (C=O) groups excluding carboxylic acids is 2. The molecule has 0 radical (unpaired) electrons. The van der Waals surface area contributed by atoms with Crippen LogP contribution in [-0.2, 0) is 19.3 Å². The Hall–Kier alpha value is -2.13. The van der Waals surface area contributed by atoms with Crippen LogP contribution in [0, 0.1) is 24.7 Å². The maximum Gasteiger partial charge on any atom is 0.257 e.